The van der Waals surface area contributed by atoms with Crippen molar-refractivity contribution >= 4 is 32.3 Å². The van der Waals surface area contributed by atoms with Crippen molar-refractivity contribution in [1.82, 2.24) is 4.31 Å². The van der Waals surface area contributed by atoms with Crippen LogP contribution in [0.5, 0.6) is 0 Å². The maximum atomic E-state index is 13.0. The topological polar surface area (TPSA) is 90.3 Å². The van der Waals surface area contributed by atoms with Crippen LogP contribution in [0.3, 0.4) is 0 Å². The summed E-state index contributed by atoms with van der Waals surface area (Å²) in [6.07, 6.45) is 6.79. The number of nitrogens with one attached hydrogen (secondary N) is 1. The monoisotopic (exact) mass is 443 g/mol. The number of thiophene rings is 1. The third-order valence-electron chi connectivity index (χ3n) is 5.98. The van der Waals surface area contributed by atoms with Gasteiger partial charge in [-0.2, -0.15) is 9.57 Å². The number of benzene rings is 1. The van der Waals surface area contributed by atoms with E-state index in [1.54, 1.807) is 4.31 Å². The molecular formula is C22H25N3O3S2. The molecule has 2 heterocycles. The molecule has 1 unspecified atom stereocenters. The fourth-order valence-corrected chi connectivity index (χ4v) is 7.22. The Hall–Kier alpha value is -2.21. The SMILES string of the molecule is CC1CCCCN1S(=O)(=O)c1ccc(C(=O)Nc2sc3c(c2C#N)CCCC3)cc1. The van der Waals surface area contributed by atoms with E-state index in [-0.39, 0.29) is 16.8 Å². The van der Waals surface area contributed by atoms with Crippen LogP contribution < -0.4 is 5.32 Å². The molecule has 1 aliphatic carbocycles. The highest BCUT2D eigenvalue weighted by Crippen LogP contribution is 2.37. The van der Waals surface area contributed by atoms with E-state index in [0.29, 0.717) is 22.7 Å². The molecule has 1 aliphatic heterocycles. The van der Waals surface area contributed by atoms with E-state index in [4.69, 9.17) is 0 Å². The van der Waals surface area contributed by atoms with E-state index in [0.717, 1.165) is 50.5 Å². The van der Waals surface area contributed by atoms with Gasteiger partial charge >= 0.3 is 0 Å². The molecule has 8 heteroatoms. The second kappa shape index (κ2) is 8.50. The number of hydrogen-bond donors (Lipinski definition) is 1. The summed E-state index contributed by atoms with van der Waals surface area (Å²) < 4.78 is 27.5. The maximum absolute atomic E-state index is 13.0. The van der Waals surface area contributed by atoms with Crippen LogP contribution in [0.15, 0.2) is 29.2 Å². The van der Waals surface area contributed by atoms with Gasteiger partial charge in [-0.1, -0.05) is 6.42 Å². The van der Waals surface area contributed by atoms with Gasteiger partial charge in [0.15, 0.2) is 0 Å². The molecule has 1 atom stereocenters. The van der Waals surface area contributed by atoms with Gasteiger partial charge in [0, 0.05) is 23.0 Å². The van der Waals surface area contributed by atoms with E-state index in [1.165, 1.54) is 40.5 Å². The molecule has 0 saturated carbocycles. The predicted molar refractivity (Wildman–Crippen MR) is 117 cm³/mol. The number of amides is 1. The summed E-state index contributed by atoms with van der Waals surface area (Å²) in [6, 6.07) is 8.30. The number of piperidine rings is 1. The second-order valence-corrected chi connectivity index (χ2v) is 11.0. The zero-order valence-corrected chi connectivity index (χ0v) is 18.6. The molecule has 30 heavy (non-hydrogen) atoms. The number of nitrogens with zero attached hydrogens (tertiary/aromatic N) is 2. The minimum atomic E-state index is -3.56. The maximum Gasteiger partial charge on any atom is 0.256 e. The van der Waals surface area contributed by atoms with Crippen molar-refractivity contribution in [2.45, 2.75) is 62.8 Å². The Bertz CT molecular complexity index is 1100. The molecular weight excluding hydrogens is 418 g/mol. The number of rotatable bonds is 4. The van der Waals surface area contributed by atoms with Crippen LogP contribution in [0.2, 0.25) is 0 Å². The lowest BCUT2D eigenvalue weighted by atomic mass is 9.96. The summed E-state index contributed by atoms with van der Waals surface area (Å²) in [5.41, 5.74) is 2.01. The standard InChI is InChI=1S/C22H25N3O3S2/c1-15-6-4-5-13-25(15)30(27,28)17-11-9-16(10-12-17)21(26)24-22-19(14-23)18-7-2-3-8-20(18)29-22/h9-12,15H,2-8,13H2,1H3,(H,24,26). The summed E-state index contributed by atoms with van der Waals surface area (Å²) in [5.74, 6) is -0.333. The summed E-state index contributed by atoms with van der Waals surface area (Å²) >= 11 is 1.48. The van der Waals surface area contributed by atoms with Crippen LogP contribution in [0, 0.1) is 11.3 Å². The van der Waals surface area contributed by atoms with Gasteiger partial charge in [-0.05, 0) is 75.3 Å². The molecule has 0 radical (unpaired) electrons. The van der Waals surface area contributed by atoms with E-state index in [1.807, 2.05) is 6.92 Å². The first-order valence-corrected chi connectivity index (χ1v) is 12.7. The van der Waals surface area contributed by atoms with Crippen LogP contribution in [0.1, 0.15) is 65.4 Å². The van der Waals surface area contributed by atoms with Crippen LogP contribution in [-0.2, 0) is 22.9 Å². The normalized spacial score (nSPS) is 19.7. The minimum absolute atomic E-state index is 0.0130. The first-order valence-electron chi connectivity index (χ1n) is 10.4. The number of fused-ring (bicyclic) bond motifs is 1. The molecule has 1 aromatic heterocycles. The number of carbonyl (C=O) groups excluding carboxylic acids is 1. The van der Waals surface area contributed by atoms with E-state index >= 15 is 0 Å². The Morgan fingerprint density at radius 1 is 1.17 bits per heavy atom. The van der Waals surface area contributed by atoms with Gasteiger partial charge in [0.1, 0.15) is 11.1 Å². The summed E-state index contributed by atoms with van der Waals surface area (Å²) in [4.78, 5) is 14.1. The largest absolute Gasteiger partial charge is 0.312 e. The molecule has 6 nitrogen and oxygen atoms in total. The number of nitriles is 1. The molecule has 158 valence electrons. The van der Waals surface area contributed by atoms with Crippen LogP contribution in [0.4, 0.5) is 5.00 Å². The first kappa shape index (κ1) is 21.0. The Labute approximate surface area is 181 Å². The van der Waals surface area contributed by atoms with Crippen LogP contribution in [-0.4, -0.2) is 31.2 Å². The van der Waals surface area contributed by atoms with Crippen molar-refractivity contribution in [3.05, 3.63) is 45.8 Å². The van der Waals surface area contributed by atoms with Gasteiger partial charge in [-0.3, -0.25) is 4.79 Å². The van der Waals surface area contributed by atoms with Gasteiger partial charge < -0.3 is 5.32 Å². The van der Waals surface area contributed by atoms with E-state index in [9.17, 15) is 18.5 Å². The summed E-state index contributed by atoms with van der Waals surface area (Å²) in [7, 11) is -3.56. The van der Waals surface area contributed by atoms with Gasteiger partial charge in [0.05, 0.1) is 10.5 Å². The highest BCUT2D eigenvalue weighted by Gasteiger charge is 2.31. The van der Waals surface area contributed by atoms with E-state index in [2.05, 4.69) is 11.4 Å². The average Bonchev–Trinajstić information content (AvgIpc) is 3.10. The molecule has 2 aromatic rings. The number of aryl methyl sites for hydroxylation is 1. The predicted octanol–water partition coefficient (Wildman–Crippen LogP) is 4.31. The minimum Gasteiger partial charge on any atom is -0.312 e. The van der Waals surface area contributed by atoms with Crippen LogP contribution >= 0.6 is 11.3 Å². The molecule has 1 saturated heterocycles. The molecule has 0 bridgehead atoms. The van der Waals surface area contributed by atoms with Gasteiger partial charge in [-0.25, -0.2) is 8.42 Å². The highest BCUT2D eigenvalue weighted by molar-refractivity contribution is 7.89. The Morgan fingerprint density at radius 2 is 1.90 bits per heavy atom. The van der Waals surface area contributed by atoms with Crippen molar-refractivity contribution in [1.29, 1.82) is 5.26 Å². The number of sulfonamides is 1. The Morgan fingerprint density at radius 3 is 2.60 bits per heavy atom. The Kier molecular flexibility index (Phi) is 5.96. The number of anilines is 1. The third kappa shape index (κ3) is 3.89. The molecule has 0 spiro atoms. The van der Waals surface area contributed by atoms with Crippen molar-refractivity contribution in [3.63, 3.8) is 0 Å². The van der Waals surface area contributed by atoms with Gasteiger partial charge in [-0.15, -0.1) is 11.3 Å². The molecule has 1 fully saturated rings. The van der Waals surface area contributed by atoms with Gasteiger partial charge in [0.2, 0.25) is 10.0 Å². The van der Waals surface area contributed by atoms with Crippen molar-refractivity contribution < 1.29 is 13.2 Å². The average molecular weight is 444 g/mol. The molecule has 2 aliphatic rings. The fraction of sp³-hybridized carbons (Fsp3) is 0.455. The van der Waals surface area contributed by atoms with Crippen molar-refractivity contribution in [2.24, 2.45) is 0 Å². The zero-order chi connectivity index (χ0) is 21.3. The number of carbonyl (C=O) groups is 1. The lowest BCUT2D eigenvalue weighted by Gasteiger charge is -2.32. The lowest BCUT2D eigenvalue weighted by molar-refractivity contribution is 0.102. The quantitative estimate of drug-likeness (QED) is 0.762. The smallest absolute Gasteiger partial charge is 0.256 e. The molecule has 4 rings (SSSR count). The van der Waals surface area contributed by atoms with Crippen LogP contribution in [0.25, 0.3) is 0 Å². The second-order valence-electron chi connectivity index (χ2n) is 7.97. The lowest BCUT2D eigenvalue weighted by Crippen LogP contribution is -2.41. The van der Waals surface area contributed by atoms with E-state index < -0.39 is 10.0 Å². The van der Waals surface area contributed by atoms with Crippen molar-refractivity contribution in [2.75, 3.05) is 11.9 Å². The first-order chi connectivity index (χ1) is 14.4. The molecule has 1 aromatic carbocycles. The van der Waals surface area contributed by atoms with Crippen molar-refractivity contribution in [3.8, 4) is 6.07 Å². The number of hydrogen-bond acceptors (Lipinski definition) is 5. The highest BCUT2D eigenvalue weighted by atomic mass is 32.2. The summed E-state index contributed by atoms with van der Waals surface area (Å²) in [5, 5.41) is 13.0. The third-order valence-corrected chi connectivity index (χ3v) is 9.21. The van der Waals surface area contributed by atoms with Gasteiger partial charge in [0.25, 0.3) is 5.91 Å². The molecule has 1 amide bonds. The molecule has 1 N–H and O–H groups in total. The Balaban J connectivity index is 1.53. The zero-order valence-electron chi connectivity index (χ0n) is 17.0. The summed E-state index contributed by atoms with van der Waals surface area (Å²) in [6.45, 7) is 2.47. The fourth-order valence-electron chi connectivity index (χ4n) is 4.29.